The Morgan fingerprint density at radius 1 is 0.911 bits per heavy atom. The molecule has 3 N–H and O–H groups in total. The van der Waals surface area contributed by atoms with Crippen LogP contribution in [0.1, 0.15) is 31.2 Å². The summed E-state index contributed by atoms with van der Waals surface area (Å²) in [6.45, 7) is 7.42. The van der Waals surface area contributed by atoms with Crippen LogP contribution in [0.3, 0.4) is 0 Å². The topological polar surface area (TPSA) is 107 Å². The fraction of sp³-hybridized carbons (Fsp3) is 0.457. The first kappa shape index (κ1) is 30.9. The third-order valence-electron chi connectivity index (χ3n) is 9.14. The van der Waals surface area contributed by atoms with Crippen LogP contribution in [0.25, 0.3) is 11.1 Å². The molecule has 2 aromatic carbocycles. The van der Waals surface area contributed by atoms with E-state index in [1.54, 1.807) is 0 Å². The van der Waals surface area contributed by atoms with Gasteiger partial charge in [-0.3, -0.25) is 4.79 Å². The number of rotatable bonds is 10. The highest BCUT2D eigenvalue weighted by molar-refractivity contribution is 5.97. The van der Waals surface area contributed by atoms with E-state index in [1.807, 2.05) is 34.2 Å². The van der Waals surface area contributed by atoms with Crippen molar-refractivity contribution in [2.75, 3.05) is 80.7 Å². The van der Waals surface area contributed by atoms with E-state index < -0.39 is 0 Å². The van der Waals surface area contributed by atoms with Crippen molar-refractivity contribution < 1.29 is 14.3 Å². The molecule has 3 aliphatic rings. The summed E-state index contributed by atoms with van der Waals surface area (Å²) in [6, 6.07) is 20.8. The summed E-state index contributed by atoms with van der Waals surface area (Å²) in [5.74, 6) is 1.20. The van der Waals surface area contributed by atoms with E-state index >= 15 is 0 Å². The average molecular weight is 612 g/mol. The molecule has 238 valence electrons. The van der Waals surface area contributed by atoms with Gasteiger partial charge in [0.2, 0.25) is 5.91 Å². The van der Waals surface area contributed by atoms with Crippen LogP contribution in [0.2, 0.25) is 0 Å². The Morgan fingerprint density at radius 2 is 1.69 bits per heavy atom. The van der Waals surface area contributed by atoms with Crippen LogP contribution in [-0.2, 0) is 16.1 Å². The van der Waals surface area contributed by atoms with E-state index in [0.29, 0.717) is 45.9 Å². The molecule has 0 bridgehead atoms. The van der Waals surface area contributed by atoms with Gasteiger partial charge in [-0.1, -0.05) is 36.8 Å². The van der Waals surface area contributed by atoms with Gasteiger partial charge in [0.25, 0.3) is 0 Å². The highest BCUT2D eigenvalue weighted by atomic mass is 16.5. The average Bonchev–Trinajstić information content (AvgIpc) is 3.06. The van der Waals surface area contributed by atoms with E-state index in [-0.39, 0.29) is 17.9 Å². The predicted octanol–water partition coefficient (Wildman–Crippen LogP) is 4.42. The number of nitrogens with two attached hydrogens (primary N) is 1. The molecule has 0 spiro atoms. The number of hydrogen-bond donors (Lipinski definition) is 2. The zero-order chi connectivity index (χ0) is 31.0. The second kappa shape index (κ2) is 14.8. The van der Waals surface area contributed by atoms with Crippen molar-refractivity contribution in [3.63, 3.8) is 0 Å². The third-order valence-corrected chi connectivity index (χ3v) is 9.14. The Kier molecular flexibility index (Phi) is 10.1. The van der Waals surface area contributed by atoms with Crippen molar-refractivity contribution in [1.29, 1.82) is 0 Å². The van der Waals surface area contributed by atoms with Crippen molar-refractivity contribution in [2.24, 2.45) is 11.7 Å². The number of carbonyl (C=O) groups is 2. The molecule has 2 saturated heterocycles. The minimum absolute atomic E-state index is 0.0330. The molecule has 3 amide bonds. The Morgan fingerprint density at radius 3 is 2.40 bits per heavy atom. The van der Waals surface area contributed by atoms with Gasteiger partial charge < -0.3 is 35.4 Å². The number of benzene rings is 2. The van der Waals surface area contributed by atoms with Crippen molar-refractivity contribution in [2.45, 2.75) is 32.2 Å². The molecule has 3 aromatic rings. The van der Waals surface area contributed by atoms with Crippen LogP contribution in [0.15, 0.2) is 66.9 Å². The van der Waals surface area contributed by atoms with Crippen LogP contribution >= 0.6 is 0 Å². The number of amides is 3. The minimum atomic E-state index is 0.0330. The quantitative estimate of drug-likeness (QED) is 0.350. The first-order chi connectivity index (χ1) is 22.1. The molecule has 2 aliphatic heterocycles. The molecule has 3 heterocycles. The first-order valence-electron chi connectivity index (χ1n) is 16.4. The fourth-order valence-corrected chi connectivity index (χ4v) is 6.26. The highest BCUT2D eigenvalue weighted by Crippen LogP contribution is 2.35. The number of piperazine rings is 1. The Bertz CT molecular complexity index is 1430. The summed E-state index contributed by atoms with van der Waals surface area (Å²) in [6.07, 6.45) is 5.61. The van der Waals surface area contributed by atoms with Gasteiger partial charge in [0.15, 0.2) is 0 Å². The Hall–Kier alpha value is -4.15. The summed E-state index contributed by atoms with van der Waals surface area (Å²) >= 11 is 0. The van der Waals surface area contributed by atoms with Crippen molar-refractivity contribution in [3.8, 4) is 11.1 Å². The smallest absolute Gasteiger partial charge is 0.320 e. The van der Waals surface area contributed by atoms with Gasteiger partial charge in [0, 0.05) is 64.5 Å². The number of pyridine rings is 1. The molecular weight excluding hydrogens is 566 g/mol. The summed E-state index contributed by atoms with van der Waals surface area (Å²) < 4.78 is 5.45. The molecule has 1 aromatic heterocycles. The van der Waals surface area contributed by atoms with Gasteiger partial charge in [-0.05, 0) is 72.8 Å². The fourth-order valence-electron chi connectivity index (χ4n) is 6.26. The number of ether oxygens (including phenoxy) is 1. The summed E-state index contributed by atoms with van der Waals surface area (Å²) in [7, 11) is 0. The number of nitrogens with zero attached hydrogens (tertiary/aromatic N) is 5. The number of nitrogens with one attached hydrogen (secondary N) is 1. The van der Waals surface area contributed by atoms with Gasteiger partial charge in [0.1, 0.15) is 5.82 Å². The van der Waals surface area contributed by atoms with Gasteiger partial charge in [0.05, 0.1) is 24.6 Å². The maximum Gasteiger partial charge on any atom is 0.320 e. The van der Waals surface area contributed by atoms with Crippen molar-refractivity contribution in [1.82, 2.24) is 14.8 Å². The maximum absolute atomic E-state index is 13.4. The molecule has 10 heteroatoms. The Balaban J connectivity index is 1.21. The van der Waals surface area contributed by atoms with E-state index in [4.69, 9.17) is 10.5 Å². The van der Waals surface area contributed by atoms with E-state index in [1.165, 1.54) is 0 Å². The molecule has 3 fully saturated rings. The summed E-state index contributed by atoms with van der Waals surface area (Å²) in [4.78, 5) is 39.5. The van der Waals surface area contributed by atoms with E-state index in [0.717, 1.165) is 85.7 Å². The molecule has 0 unspecified atom stereocenters. The van der Waals surface area contributed by atoms with Crippen molar-refractivity contribution in [3.05, 3.63) is 72.4 Å². The maximum atomic E-state index is 13.4. The van der Waals surface area contributed by atoms with Gasteiger partial charge >= 0.3 is 6.03 Å². The van der Waals surface area contributed by atoms with Crippen LogP contribution in [-0.4, -0.2) is 92.3 Å². The zero-order valence-electron chi connectivity index (χ0n) is 26.1. The molecule has 1 aliphatic carbocycles. The second-order valence-electron chi connectivity index (χ2n) is 12.2. The lowest BCUT2D eigenvalue weighted by atomic mass is 9.85. The number of urea groups is 1. The van der Waals surface area contributed by atoms with Gasteiger partial charge in [-0.25, -0.2) is 9.78 Å². The van der Waals surface area contributed by atoms with Crippen LogP contribution in [0.4, 0.5) is 22.0 Å². The normalized spacial score (nSPS) is 17.1. The minimum Gasteiger partial charge on any atom is -0.378 e. The Labute approximate surface area is 266 Å². The lowest BCUT2D eigenvalue weighted by Crippen LogP contribution is -2.48. The zero-order valence-corrected chi connectivity index (χ0v) is 26.1. The summed E-state index contributed by atoms with van der Waals surface area (Å²) in [5, 5.41) is 3.30. The van der Waals surface area contributed by atoms with Crippen LogP contribution in [0.5, 0.6) is 0 Å². The second-order valence-corrected chi connectivity index (χ2v) is 12.2. The molecule has 0 atom stereocenters. The van der Waals surface area contributed by atoms with E-state index in [2.05, 4.69) is 62.6 Å². The molecule has 45 heavy (non-hydrogen) atoms. The molecule has 1 saturated carbocycles. The van der Waals surface area contributed by atoms with Crippen LogP contribution < -0.4 is 20.9 Å². The number of morpholine rings is 1. The predicted molar refractivity (Wildman–Crippen MR) is 178 cm³/mol. The number of carbonyl (C=O) groups excluding carboxylic acids is 2. The standard InChI is InChI=1S/C35H45N7O3/c36-13-5-15-42(35(44)41-20-22-45-23-21-41)26-27-6-3-9-29(24-27)30-11-12-32(31(25-30)38-34(43)28-7-4-8-28)39-16-18-40(19-17-39)33-10-1-2-14-37-33/h1-3,6,9-12,14,24-25,28H,4-5,7-8,13,15-23,26,36H2,(H,38,43). The van der Waals surface area contributed by atoms with E-state index in [9.17, 15) is 9.59 Å². The van der Waals surface area contributed by atoms with Gasteiger partial charge in [-0.2, -0.15) is 0 Å². The number of anilines is 3. The van der Waals surface area contributed by atoms with Gasteiger partial charge in [-0.15, -0.1) is 0 Å². The summed E-state index contributed by atoms with van der Waals surface area (Å²) in [5.41, 5.74) is 10.9. The molecular formula is C35H45N7O3. The first-order valence-corrected chi connectivity index (χ1v) is 16.4. The van der Waals surface area contributed by atoms with Crippen LogP contribution in [0, 0.1) is 5.92 Å². The number of hydrogen-bond acceptors (Lipinski definition) is 7. The lowest BCUT2D eigenvalue weighted by molar-refractivity contribution is -0.122. The molecule has 0 radical (unpaired) electrons. The highest BCUT2D eigenvalue weighted by Gasteiger charge is 2.28. The lowest BCUT2D eigenvalue weighted by Gasteiger charge is -2.37. The third kappa shape index (κ3) is 7.57. The SMILES string of the molecule is NCCCN(Cc1cccc(-c2ccc(N3CCN(c4ccccn4)CC3)c(NC(=O)C3CCC3)c2)c1)C(=O)N1CCOCC1. The molecule has 10 nitrogen and oxygen atoms in total. The molecule has 6 rings (SSSR count). The van der Waals surface area contributed by atoms with Crippen molar-refractivity contribution >= 4 is 29.1 Å². The number of aromatic nitrogens is 1. The largest absolute Gasteiger partial charge is 0.378 e. The monoisotopic (exact) mass is 611 g/mol.